The summed E-state index contributed by atoms with van der Waals surface area (Å²) in [5.74, 6) is 0. The van der Waals surface area contributed by atoms with Crippen LogP contribution in [-0.2, 0) is 0 Å². The van der Waals surface area contributed by atoms with Gasteiger partial charge in [0.05, 0.1) is 0 Å². The van der Waals surface area contributed by atoms with Crippen molar-refractivity contribution in [2.24, 2.45) is 0 Å². The first-order chi connectivity index (χ1) is 3.79. The largest absolute Gasteiger partial charge is 0.329 e. The number of H-pyrrole nitrogens is 1. The summed E-state index contributed by atoms with van der Waals surface area (Å²) in [5, 5.41) is 0. The smallest absolute Gasteiger partial charge is 0.248 e. The Morgan fingerprint density at radius 2 is 2.00 bits per heavy atom. The number of pyridine rings is 1. The maximum Gasteiger partial charge on any atom is 0.248 e. The monoisotopic (exact) mass is 181 g/mol. The fraction of sp³-hybridized carbons (Fsp3) is 0.167. The second kappa shape index (κ2) is 5.33. The molecule has 1 rings (SSSR count). The molecule has 58 valence electrons. The van der Waals surface area contributed by atoms with Crippen molar-refractivity contribution in [1.82, 2.24) is 4.98 Å². The summed E-state index contributed by atoms with van der Waals surface area (Å²) in [5.41, 5.74) is 0.957. The van der Waals surface area contributed by atoms with Gasteiger partial charge in [-0.3, -0.25) is 4.79 Å². The molecule has 1 aromatic rings. The van der Waals surface area contributed by atoms with Crippen LogP contribution in [0.1, 0.15) is 5.56 Å². The molecule has 1 aromatic heterocycles. The molecule has 0 aromatic carbocycles. The normalized spacial score (nSPS) is 7.30. The van der Waals surface area contributed by atoms with Crippen LogP contribution in [0.4, 0.5) is 0 Å². The van der Waals surface area contributed by atoms with E-state index in [0.29, 0.717) is 0 Å². The van der Waals surface area contributed by atoms with E-state index in [9.17, 15) is 4.79 Å². The number of hydrogen-bond donors (Lipinski definition) is 1. The topological polar surface area (TPSA) is 32.9 Å². The highest BCUT2D eigenvalue weighted by atomic mass is 35.5. The van der Waals surface area contributed by atoms with E-state index < -0.39 is 0 Å². The van der Waals surface area contributed by atoms with E-state index >= 15 is 0 Å². The third kappa shape index (κ3) is 3.54. The number of nitrogens with one attached hydrogen (secondary N) is 1. The third-order valence-corrected chi connectivity index (χ3v) is 0.931. The second-order valence-electron chi connectivity index (χ2n) is 1.73. The van der Waals surface area contributed by atoms with E-state index in [2.05, 4.69) is 4.98 Å². The Morgan fingerprint density at radius 1 is 1.40 bits per heavy atom. The van der Waals surface area contributed by atoms with E-state index in [4.69, 9.17) is 0 Å². The first-order valence-electron chi connectivity index (χ1n) is 2.44. The highest BCUT2D eigenvalue weighted by Crippen LogP contribution is 1.84. The van der Waals surface area contributed by atoms with Gasteiger partial charge in [0.15, 0.2) is 0 Å². The van der Waals surface area contributed by atoms with Crippen LogP contribution in [0.3, 0.4) is 0 Å². The van der Waals surface area contributed by atoms with Crippen LogP contribution in [0.5, 0.6) is 0 Å². The number of halogens is 2. The van der Waals surface area contributed by atoms with E-state index in [0.717, 1.165) is 5.56 Å². The number of hydrogen-bond acceptors (Lipinski definition) is 1. The van der Waals surface area contributed by atoms with Crippen LogP contribution in [0.15, 0.2) is 23.1 Å². The van der Waals surface area contributed by atoms with Gasteiger partial charge in [0.25, 0.3) is 0 Å². The second-order valence-corrected chi connectivity index (χ2v) is 1.73. The summed E-state index contributed by atoms with van der Waals surface area (Å²) in [7, 11) is 0. The van der Waals surface area contributed by atoms with E-state index in [1.165, 1.54) is 0 Å². The summed E-state index contributed by atoms with van der Waals surface area (Å²) >= 11 is 0. The minimum Gasteiger partial charge on any atom is -0.329 e. The van der Waals surface area contributed by atoms with Gasteiger partial charge >= 0.3 is 0 Å². The molecule has 1 N–H and O–H groups in total. The molecule has 0 spiro atoms. The van der Waals surface area contributed by atoms with E-state index in [-0.39, 0.29) is 30.4 Å². The molecule has 0 atom stereocenters. The summed E-state index contributed by atoms with van der Waals surface area (Å²) in [6, 6.07) is 3.40. The molecular formula is C6H9Cl2NO. The molecule has 0 radical (unpaired) electrons. The van der Waals surface area contributed by atoms with E-state index in [1.54, 1.807) is 12.3 Å². The van der Waals surface area contributed by atoms with Crippen molar-refractivity contribution in [2.45, 2.75) is 6.92 Å². The van der Waals surface area contributed by atoms with Crippen molar-refractivity contribution in [3.8, 4) is 0 Å². The Morgan fingerprint density at radius 3 is 2.30 bits per heavy atom. The Balaban J connectivity index is 0. The summed E-state index contributed by atoms with van der Waals surface area (Å²) in [6.45, 7) is 1.88. The van der Waals surface area contributed by atoms with Crippen LogP contribution in [-0.4, -0.2) is 4.98 Å². The van der Waals surface area contributed by atoms with Gasteiger partial charge in [0, 0.05) is 12.3 Å². The maximum absolute atomic E-state index is 10.4. The van der Waals surface area contributed by atoms with Crippen molar-refractivity contribution in [1.29, 1.82) is 0 Å². The van der Waals surface area contributed by atoms with Gasteiger partial charge in [0.1, 0.15) is 0 Å². The van der Waals surface area contributed by atoms with Gasteiger partial charge < -0.3 is 4.98 Å². The molecule has 0 unspecified atom stereocenters. The highest BCUT2D eigenvalue weighted by Gasteiger charge is 1.80. The minimum absolute atomic E-state index is 0. The Labute approximate surface area is 71.5 Å². The molecule has 0 aliphatic rings. The van der Waals surface area contributed by atoms with Crippen LogP contribution in [0.25, 0.3) is 0 Å². The zero-order valence-electron chi connectivity index (χ0n) is 5.46. The highest BCUT2D eigenvalue weighted by molar-refractivity contribution is 5.85. The van der Waals surface area contributed by atoms with Gasteiger partial charge in [-0.05, 0) is 18.6 Å². The van der Waals surface area contributed by atoms with Crippen molar-refractivity contribution < 1.29 is 0 Å². The Bertz CT molecular complexity index is 233. The quantitative estimate of drug-likeness (QED) is 0.648. The third-order valence-electron chi connectivity index (χ3n) is 0.931. The average Bonchev–Trinajstić information content (AvgIpc) is 1.64. The zero-order chi connectivity index (χ0) is 5.98. The van der Waals surface area contributed by atoms with Gasteiger partial charge in [-0.25, -0.2) is 0 Å². The first-order valence-corrected chi connectivity index (χ1v) is 2.44. The Kier molecular flexibility index (Phi) is 6.51. The van der Waals surface area contributed by atoms with Crippen molar-refractivity contribution >= 4 is 24.8 Å². The molecule has 1 heterocycles. The molecular weight excluding hydrogens is 173 g/mol. The van der Waals surface area contributed by atoms with Crippen LogP contribution in [0, 0.1) is 6.92 Å². The number of aromatic nitrogens is 1. The summed E-state index contributed by atoms with van der Waals surface area (Å²) in [6.07, 6.45) is 1.64. The standard InChI is InChI=1S/C6H7NO.2ClH/c1-5-2-3-7-6(8)4-5;;/h2-4H,1H3,(H,7,8);2*1H. The van der Waals surface area contributed by atoms with E-state index in [1.807, 2.05) is 13.0 Å². The van der Waals surface area contributed by atoms with Crippen LogP contribution < -0.4 is 5.56 Å². The lowest BCUT2D eigenvalue weighted by molar-refractivity contribution is 1.21. The summed E-state index contributed by atoms with van der Waals surface area (Å²) < 4.78 is 0. The molecule has 0 bridgehead atoms. The van der Waals surface area contributed by atoms with Gasteiger partial charge in [0.2, 0.25) is 5.56 Å². The van der Waals surface area contributed by atoms with Gasteiger partial charge in [-0.15, -0.1) is 24.8 Å². The predicted molar refractivity (Wildman–Crippen MR) is 46.3 cm³/mol. The molecule has 2 nitrogen and oxygen atoms in total. The van der Waals surface area contributed by atoms with Crippen LogP contribution >= 0.6 is 24.8 Å². The van der Waals surface area contributed by atoms with Gasteiger partial charge in [-0.2, -0.15) is 0 Å². The molecule has 0 aliphatic heterocycles. The molecule has 0 amide bonds. The lowest BCUT2D eigenvalue weighted by Gasteiger charge is -1.83. The van der Waals surface area contributed by atoms with Gasteiger partial charge in [-0.1, -0.05) is 0 Å². The number of rotatable bonds is 0. The fourth-order valence-electron chi connectivity index (χ4n) is 0.552. The number of aromatic amines is 1. The zero-order valence-corrected chi connectivity index (χ0v) is 7.09. The van der Waals surface area contributed by atoms with Crippen molar-refractivity contribution in [3.63, 3.8) is 0 Å². The lowest BCUT2D eigenvalue weighted by atomic mass is 10.3. The summed E-state index contributed by atoms with van der Waals surface area (Å²) in [4.78, 5) is 13.0. The molecule has 0 fully saturated rings. The van der Waals surface area contributed by atoms with Crippen molar-refractivity contribution in [2.75, 3.05) is 0 Å². The molecule has 0 saturated heterocycles. The lowest BCUT2D eigenvalue weighted by Crippen LogP contribution is -2.01. The van der Waals surface area contributed by atoms with Crippen LogP contribution in [0.2, 0.25) is 0 Å². The molecule has 0 saturated carbocycles. The van der Waals surface area contributed by atoms with Crippen molar-refractivity contribution in [3.05, 3.63) is 34.2 Å². The predicted octanol–water partition coefficient (Wildman–Crippen LogP) is 1.53. The molecule has 0 aliphatic carbocycles. The first kappa shape index (κ1) is 12.2. The minimum atomic E-state index is -0.0370. The fourth-order valence-corrected chi connectivity index (χ4v) is 0.552. The maximum atomic E-state index is 10.4. The SMILES string of the molecule is Cc1cc[nH]c(=O)c1.Cl.Cl. The number of aryl methyl sites for hydroxylation is 1. The average molecular weight is 182 g/mol. The Hall–Kier alpha value is -0.470. The molecule has 10 heavy (non-hydrogen) atoms. The molecule has 4 heteroatoms.